The van der Waals surface area contributed by atoms with E-state index in [4.69, 9.17) is 35.4 Å². The molecular formula is C19H17Cl2FN4S. The van der Waals surface area contributed by atoms with E-state index in [2.05, 4.69) is 15.7 Å². The maximum atomic E-state index is 13.3. The smallest absolute Gasteiger partial charge is 0.175 e. The van der Waals surface area contributed by atoms with Crippen LogP contribution in [0.5, 0.6) is 0 Å². The highest BCUT2D eigenvalue weighted by atomic mass is 35.5. The van der Waals surface area contributed by atoms with Crippen molar-refractivity contribution in [2.24, 2.45) is 0 Å². The van der Waals surface area contributed by atoms with Crippen LogP contribution in [0.15, 0.2) is 42.5 Å². The number of rotatable bonds is 4. The van der Waals surface area contributed by atoms with E-state index in [0.717, 1.165) is 22.6 Å². The lowest BCUT2D eigenvalue weighted by Crippen LogP contribution is -2.20. The van der Waals surface area contributed by atoms with E-state index in [0.29, 0.717) is 22.4 Å². The summed E-state index contributed by atoms with van der Waals surface area (Å²) in [5.41, 5.74) is 4.29. The standard InChI is InChI=1S/C19H17Cl2FN4S/c1-11-18(24-19(27)23-15-7-8-17(22)16(21)9-15)12(2)26(25-11)10-13-3-5-14(20)6-4-13/h3-9H,10H2,1-2H3,(H2,23,24,27). The Balaban J connectivity index is 1.72. The number of hydrogen-bond acceptors (Lipinski definition) is 2. The zero-order valence-corrected chi connectivity index (χ0v) is 17.0. The molecule has 0 saturated carbocycles. The molecule has 27 heavy (non-hydrogen) atoms. The molecule has 0 radical (unpaired) electrons. The van der Waals surface area contributed by atoms with Gasteiger partial charge in [-0.15, -0.1) is 0 Å². The molecule has 0 aliphatic carbocycles. The van der Waals surface area contributed by atoms with Crippen LogP contribution in [-0.2, 0) is 6.54 Å². The number of aromatic nitrogens is 2. The monoisotopic (exact) mass is 422 g/mol. The molecule has 0 atom stereocenters. The molecule has 2 aromatic carbocycles. The van der Waals surface area contributed by atoms with Crippen LogP contribution in [0.2, 0.25) is 10.0 Å². The van der Waals surface area contributed by atoms with E-state index in [9.17, 15) is 4.39 Å². The van der Waals surface area contributed by atoms with Gasteiger partial charge in [-0.05, 0) is 62.0 Å². The number of nitrogens with one attached hydrogen (secondary N) is 2. The number of benzene rings is 2. The average molecular weight is 423 g/mol. The van der Waals surface area contributed by atoms with Crippen molar-refractivity contribution in [1.82, 2.24) is 9.78 Å². The molecular weight excluding hydrogens is 406 g/mol. The van der Waals surface area contributed by atoms with Crippen LogP contribution in [0, 0.1) is 19.7 Å². The molecule has 0 aliphatic rings. The summed E-state index contributed by atoms with van der Waals surface area (Å²) in [5, 5.41) is 11.8. The molecule has 1 heterocycles. The van der Waals surface area contributed by atoms with Gasteiger partial charge in [-0.1, -0.05) is 35.3 Å². The van der Waals surface area contributed by atoms with Crippen molar-refractivity contribution in [2.75, 3.05) is 10.6 Å². The molecule has 140 valence electrons. The molecule has 0 spiro atoms. The number of aryl methyl sites for hydroxylation is 1. The number of thiocarbonyl (C=S) groups is 1. The van der Waals surface area contributed by atoms with Crippen LogP contribution in [0.1, 0.15) is 17.0 Å². The second-order valence-electron chi connectivity index (χ2n) is 6.04. The topological polar surface area (TPSA) is 41.9 Å². The Morgan fingerprint density at radius 3 is 2.48 bits per heavy atom. The molecule has 8 heteroatoms. The maximum absolute atomic E-state index is 13.3. The molecule has 0 aliphatic heterocycles. The van der Waals surface area contributed by atoms with Crippen molar-refractivity contribution in [3.05, 3.63) is 75.3 Å². The summed E-state index contributed by atoms with van der Waals surface area (Å²) in [6.45, 7) is 4.50. The molecule has 0 unspecified atom stereocenters. The molecule has 0 saturated heterocycles. The fraction of sp³-hybridized carbons (Fsp3) is 0.158. The van der Waals surface area contributed by atoms with Crippen LogP contribution < -0.4 is 10.6 Å². The molecule has 3 rings (SSSR count). The normalized spacial score (nSPS) is 10.7. The van der Waals surface area contributed by atoms with Crippen molar-refractivity contribution < 1.29 is 4.39 Å². The molecule has 0 bridgehead atoms. The largest absolute Gasteiger partial charge is 0.332 e. The van der Waals surface area contributed by atoms with Crippen molar-refractivity contribution in [1.29, 1.82) is 0 Å². The van der Waals surface area contributed by atoms with Crippen molar-refractivity contribution in [3.8, 4) is 0 Å². The third-order valence-corrected chi connectivity index (χ3v) is 4.79. The zero-order valence-electron chi connectivity index (χ0n) is 14.7. The summed E-state index contributed by atoms with van der Waals surface area (Å²) in [5.74, 6) is -0.476. The van der Waals surface area contributed by atoms with Gasteiger partial charge in [0.1, 0.15) is 5.82 Å². The number of hydrogen-bond donors (Lipinski definition) is 2. The predicted molar refractivity (Wildman–Crippen MR) is 114 cm³/mol. The summed E-state index contributed by atoms with van der Waals surface area (Å²) in [6.07, 6.45) is 0. The Labute approximate surface area is 172 Å². The Hall–Kier alpha value is -2.15. The quantitative estimate of drug-likeness (QED) is 0.521. The van der Waals surface area contributed by atoms with Crippen LogP contribution in [0.3, 0.4) is 0 Å². The predicted octanol–water partition coefficient (Wildman–Crippen LogP) is 5.80. The summed E-state index contributed by atoms with van der Waals surface area (Å²) >= 11 is 17.1. The SMILES string of the molecule is Cc1nn(Cc2ccc(Cl)cc2)c(C)c1NC(=S)Nc1ccc(F)c(Cl)c1. The highest BCUT2D eigenvalue weighted by Crippen LogP contribution is 2.23. The zero-order chi connectivity index (χ0) is 19.6. The number of anilines is 2. The van der Waals surface area contributed by atoms with E-state index >= 15 is 0 Å². The van der Waals surface area contributed by atoms with E-state index in [1.54, 1.807) is 6.07 Å². The highest BCUT2D eigenvalue weighted by molar-refractivity contribution is 7.80. The van der Waals surface area contributed by atoms with Crippen LogP contribution in [0.4, 0.5) is 15.8 Å². The van der Waals surface area contributed by atoms with Gasteiger partial charge >= 0.3 is 0 Å². The fourth-order valence-corrected chi connectivity index (χ4v) is 3.17. The van der Waals surface area contributed by atoms with Crippen LogP contribution in [-0.4, -0.2) is 14.9 Å². The molecule has 0 amide bonds. The molecule has 4 nitrogen and oxygen atoms in total. The lowest BCUT2D eigenvalue weighted by atomic mass is 10.2. The Kier molecular flexibility index (Phi) is 5.99. The lowest BCUT2D eigenvalue weighted by molar-refractivity contribution is 0.628. The molecule has 2 N–H and O–H groups in total. The first kappa shape index (κ1) is 19.6. The molecule has 1 aromatic heterocycles. The van der Waals surface area contributed by atoms with E-state index in [1.807, 2.05) is 42.8 Å². The lowest BCUT2D eigenvalue weighted by Gasteiger charge is -2.12. The van der Waals surface area contributed by atoms with Gasteiger partial charge in [0.15, 0.2) is 5.11 Å². The molecule has 0 fully saturated rings. The minimum Gasteiger partial charge on any atom is -0.332 e. The van der Waals surface area contributed by atoms with Crippen molar-refractivity contribution in [3.63, 3.8) is 0 Å². The number of halogens is 3. The summed E-state index contributed by atoms with van der Waals surface area (Å²) in [4.78, 5) is 0. The second kappa shape index (κ2) is 8.25. The highest BCUT2D eigenvalue weighted by Gasteiger charge is 2.13. The van der Waals surface area contributed by atoms with Crippen molar-refractivity contribution in [2.45, 2.75) is 20.4 Å². The van der Waals surface area contributed by atoms with E-state index < -0.39 is 5.82 Å². The summed E-state index contributed by atoms with van der Waals surface area (Å²) in [6, 6.07) is 12.0. The third kappa shape index (κ3) is 4.77. The second-order valence-corrected chi connectivity index (χ2v) is 7.29. The third-order valence-electron chi connectivity index (χ3n) is 4.04. The van der Waals surface area contributed by atoms with Gasteiger partial charge in [0.25, 0.3) is 0 Å². The Bertz CT molecular complexity index is 986. The first-order valence-electron chi connectivity index (χ1n) is 8.15. The maximum Gasteiger partial charge on any atom is 0.175 e. The van der Waals surface area contributed by atoms with Gasteiger partial charge in [0.2, 0.25) is 0 Å². The summed E-state index contributed by atoms with van der Waals surface area (Å²) in [7, 11) is 0. The van der Waals surface area contributed by atoms with Crippen LogP contribution in [0.25, 0.3) is 0 Å². The number of nitrogens with zero attached hydrogens (tertiary/aromatic N) is 2. The van der Waals surface area contributed by atoms with Gasteiger partial charge in [-0.2, -0.15) is 5.10 Å². The van der Waals surface area contributed by atoms with Gasteiger partial charge in [0, 0.05) is 10.7 Å². The minimum atomic E-state index is -0.476. The Morgan fingerprint density at radius 1 is 1.11 bits per heavy atom. The first-order valence-corrected chi connectivity index (χ1v) is 9.31. The first-order chi connectivity index (χ1) is 12.8. The fourth-order valence-electron chi connectivity index (χ4n) is 2.64. The van der Waals surface area contributed by atoms with Crippen LogP contribution >= 0.6 is 35.4 Å². The van der Waals surface area contributed by atoms with Gasteiger partial charge in [-0.25, -0.2) is 4.39 Å². The van der Waals surface area contributed by atoms with Gasteiger partial charge in [-0.3, -0.25) is 4.68 Å². The average Bonchev–Trinajstić information content (AvgIpc) is 2.87. The van der Waals surface area contributed by atoms with Gasteiger partial charge in [0.05, 0.1) is 28.6 Å². The van der Waals surface area contributed by atoms with Crippen molar-refractivity contribution >= 4 is 51.9 Å². The van der Waals surface area contributed by atoms with Gasteiger partial charge < -0.3 is 10.6 Å². The van der Waals surface area contributed by atoms with E-state index in [-0.39, 0.29) is 5.02 Å². The minimum absolute atomic E-state index is 0.0333. The van der Waals surface area contributed by atoms with E-state index in [1.165, 1.54) is 12.1 Å². The summed E-state index contributed by atoms with van der Waals surface area (Å²) < 4.78 is 15.2. The Morgan fingerprint density at radius 2 is 1.81 bits per heavy atom. The molecule has 3 aromatic rings.